The molecule has 1 aliphatic rings. The Balaban J connectivity index is 1.54. The first kappa shape index (κ1) is 32.0. The molecule has 0 bridgehead atoms. The number of carbonyl (C=O) groups excluding carboxylic acids is 3. The van der Waals surface area contributed by atoms with Crippen LogP contribution in [0.3, 0.4) is 0 Å². The maximum absolute atomic E-state index is 14.3. The van der Waals surface area contributed by atoms with Gasteiger partial charge in [-0.15, -0.1) is 0 Å². The van der Waals surface area contributed by atoms with E-state index in [2.05, 4.69) is 21.4 Å². The van der Waals surface area contributed by atoms with Crippen LogP contribution in [0.5, 0.6) is 5.75 Å². The monoisotopic (exact) mass is 634 g/mol. The van der Waals surface area contributed by atoms with Gasteiger partial charge in [-0.3, -0.25) is 14.9 Å². The Hall–Kier alpha value is -5.42. The summed E-state index contributed by atoms with van der Waals surface area (Å²) in [6, 6.07) is 21.7. The molecule has 14 heteroatoms. The summed E-state index contributed by atoms with van der Waals surface area (Å²) >= 11 is 0. The van der Waals surface area contributed by atoms with Gasteiger partial charge in [0.2, 0.25) is 5.72 Å². The van der Waals surface area contributed by atoms with Crippen molar-refractivity contribution in [3.8, 4) is 17.5 Å². The molecule has 11 nitrogen and oxygen atoms in total. The third kappa shape index (κ3) is 6.09. The molecule has 0 radical (unpaired) electrons. The zero-order valence-corrected chi connectivity index (χ0v) is 25.0. The van der Waals surface area contributed by atoms with Gasteiger partial charge in [0, 0.05) is 5.39 Å². The van der Waals surface area contributed by atoms with Crippen molar-refractivity contribution in [3.05, 3.63) is 84.1 Å². The number of amides is 2. The first-order valence-electron chi connectivity index (χ1n) is 14.3. The second-order valence-corrected chi connectivity index (χ2v) is 10.6. The molecule has 0 saturated carbocycles. The second kappa shape index (κ2) is 12.5. The minimum atomic E-state index is -5.36. The summed E-state index contributed by atoms with van der Waals surface area (Å²) < 4.78 is 51.4. The number of likely N-dealkylation sites (N-methyl/N-ethyl adjacent to an activating group) is 1. The lowest BCUT2D eigenvalue weighted by Gasteiger charge is -2.32. The van der Waals surface area contributed by atoms with Gasteiger partial charge in [0.05, 0.1) is 34.7 Å². The van der Waals surface area contributed by atoms with Gasteiger partial charge in [-0.05, 0) is 50.7 Å². The summed E-state index contributed by atoms with van der Waals surface area (Å²) in [5.41, 5.74) is -0.0355. The maximum Gasteiger partial charge on any atom is 0.491 e. The highest BCUT2D eigenvalue weighted by Crippen LogP contribution is 2.35. The van der Waals surface area contributed by atoms with Crippen molar-refractivity contribution in [3.63, 3.8) is 0 Å². The number of nitrogens with zero attached hydrogens (tertiary/aromatic N) is 4. The van der Waals surface area contributed by atoms with Gasteiger partial charge in [0.1, 0.15) is 24.0 Å². The predicted molar refractivity (Wildman–Crippen MR) is 160 cm³/mol. The van der Waals surface area contributed by atoms with Crippen molar-refractivity contribution in [2.75, 3.05) is 11.4 Å². The van der Waals surface area contributed by atoms with E-state index in [1.165, 1.54) is 18.7 Å². The number of alkyl halides is 3. The van der Waals surface area contributed by atoms with Gasteiger partial charge >= 0.3 is 12.1 Å². The molecule has 2 amide bonds. The lowest BCUT2D eigenvalue weighted by molar-refractivity contribution is -0.215. The van der Waals surface area contributed by atoms with Crippen LogP contribution in [-0.4, -0.2) is 58.2 Å². The number of carbonyl (C=O) groups is 3. The fourth-order valence-electron chi connectivity index (χ4n) is 5.23. The molecule has 0 saturated heterocycles. The Kier molecular flexibility index (Phi) is 8.71. The predicted octanol–water partition coefficient (Wildman–Crippen LogP) is 4.13. The number of hydrogen-bond donors (Lipinski definition) is 2. The quantitative estimate of drug-likeness (QED) is 0.218. The number of anilines is 1. The number of para-hydroxylation sites is 4. The van der Waals surface area contributed by atoms with Gasteiger partial charge in [-0.2, -0.15) is 23.5 Å². The van der Waals surface area contributed by atoms with Crippen molar-refractivity contribution < 1.29 is 37.0 Å². The Bertz CT molecular complexity index is 1850. The maximum atomic E-state index is 14.3. The van der Waals surface area contributed by atoms with Crippen LogP contribution in [0.1, 0.15) is 32.0 Å². The van der Waals surface area contributed by atoms with E-state index in [0.29, 0.717) is 39.3 Å². The third-order valence-corrected chi connectivity index (χ3v) is 7.46. The molecule has 5 rings (SSSR count). The molecule has 0 unspecified atom stereocenters. The molecular weight excluding hydrogens is 605 g/mol. The van der Waals surface area contributed by atoms with E-state index in [0.717, 1.165) is 6.92 Å². The average molecular weight is 635 g/mol. The number of esters is 1. The SMILES string of the molecule is CCN[C@@](C)(OC(=O)C(F)(F)F)C(=O)N[C@@H]1C(=O)N(Cc2nn(-c3ccccc3C#N)c3ccccc23)c2ccccc2O[C@H]1C. The standard InChI is InChI=1S/C32H29F3N6O5/c1-4-37-31(3,46-30(44)32(33,34)35)29(43)38-27-19(2)45-26-16-10-9-15-25(26)40(28(27)42)18-22-21-12-6-8-14-24(21)41(39-22)23-13-7-5-11-20(23)17-36/h5-16,19,27,37H,4,18H2,1-3H3,(H,38,43)/t19-,27-,31-/m0/s1. The fourth-order valence-corrected chi connectivity index (χ4v) is 5.23. The second-order valence-electron chi connectivity index (χ2n) is 10.6. The van der Waals surface area contributed by atoms with Gasteiger partial charge < -0.3 is 19.7 Å². The topological polar surface area (TPSA) is 139 Å². The summed E-state index contributed by atoms with van der Waals surface area (Å²) in [6.07, 6.45) is -6.35. The van der Waals surface area contributed by atoms with E-state index in [4.69, 9.17) is 9.84 Å². The van der Waals surface area contributed by atoms with Crippen LogP contribution in [0.25, 0.3) is 16.6 Å². The van der Waals surface area contributed by atoms with Gasteiger partial charge in [0.25, 0.3) is 11.8 Å². The Morgan fingerprint density at radius 3 is 2.39 bits per heavy atom. The summed E-state index contributed by atoms with van der Waals surface area (Å²) in [6.45, 7) is 3.85. The number of rotatable bonds is 8. The summed E-state index contributed by atoms with van der Waals surface area (Å²) in [4.78, 5) is 40.8. The van der Waals surface area contributed by atoms with Crippen LogP contribution in [0.15, 0.2) is 72.8 Å². The normalized spacial score (nSPS) is 17.7. The molecule has 238 valence electrons. The van der Waals surface area contributed by atoms with Crippen LogP contribution in [0.4, 0.5) is 18.9 Å². The van der Waals surface area contributed by atoms with E-state index in [1.807, 2.05) is 24.3 Å². The van der Waals surface area contributed by atoms with Gasteiger partial charge in [-0.1, -0.05) is 49.4 Å². The molecule has 1 aromatic heterocycles. The van der Waals surface area contributed by atoms with Crippen LogP contribution >= 0.6 is 0 Å². The van der Waals surface area contributed by atoms with Crippen molar-refractivity contribution in [1.29, 1.82) is 5.26 Å². The molecule has 3 aromatic carbocycles. The van der Waals surface area contributed by atoms with Gasteiger partial charge in [0.15, 0.2) is 0 Å². The Labute approximate surface area is 261 Å². The molecule has 4 aromatic rings. The van der Waals surface area contributed by atoms with Crippen molar-refractivity contribution in [1.82, 2.24) is 20.4 Å². The van der Waals surface area contributed by atoms with E-state index < -0.39 is 41.8 Å². The summed E-state index contributed by atoms with van der Waals surface area (Å²) in [7, 11) is 0. The molecular formula is C32H29F3N6O5. The fraction of sp³-hybridized carbons (Fsp3) is 0.281. The van der Waals surface area contributed by atoms with Crippen molar-refractivity contribution >= 4 is 34.4 Å². The Morgan fingerprint density at radius 1 is 1.04 bits per heavy atom. The molecule has 0 spiro atoms. The number of benzene rings is 3. The van der Waals surface area contributed by atoms with E-state index >= 15 is 0 Å². The zero-order valence-electron chi connectivity index (χ0n) is 25.0. The highest BCUT2D eigenvalue weighted by Gasteiger charge is 2.49. The zero-order chi connectivity index (χ0) is 33.2. The molecule has 0 aliphatic carbocycles. The minimum absolute atomic E-state index is 0.0397. The first-order valence-corrected chi connectivity index (χ1v) is 14.3. The number of hydrogen-bond acceptors (Lipinski definition) is 8. The lowest BCUT2D eigenvalue weighted by Crippen LogP contribution is -2.64. The number of fused-ring (bicyclic) bond motifs is 2. The summed E-state index contributed by atoms with van der Waals surface area (Å²) in [5.74, 6) is -4.09. The highest BCUT2D eigenvalue weighted by atomic mass is 19.4. The smallest absolute Gasteiger partial charge is 0.486 e. The van der Waals surface area contributed by atoms with E-state index in [1.54, 1.807) is 53.2 Å². The van der Waals surface area contributed by atoms with Crippen LogP contribution in [0, 0.1) is 11.3 Å². The number of aromatic nitrogens is 2. The first-order chi connectivity index (χ1) is 21.9. The summed E-state index contributed by atoms with van der Waals surface area (Å²) in [5, 5.41) is 20.1. The highest BCUT2D eigenvalue weighted by molar-refractivity contribution is 6.02. The third-order valence-electron chi connectivity index (χ3n) is 7.46. The number of nitriles is 1. The van der Waals surface area contributed by atoms with Crippen LogP contribution in [0.2, 0.25) is 0 Å². The average Bonchev–Trinajstić information content (AvgIpc) is 3.35. The van der Waals surface area contributed by atoms with E-state index in [-0.39, 0.29) is 13.1 Å². The molecule has 3 atom stereocenters. The van der Waals surface area contributed by atoms with Gasteiger partial charge in [-0.25, -0.2) is 9.48 Å². The molecule has 1 aliphatic heterocycles. The van der Waals surface area contributed by atoms with E-state index in [9.17, 15) is 32.8 Å². The van der Waals surface area contributed by atoms with Crippen LogP contribution in [-0.2, 0) is 25.7 Å². The van der Waals surface area contributed by atoms with Crippen LogP contribution < -0.4 is 20.3 Å². The molecule has 0 fully saturated rings. The van der Waals surface area contributed by atoms with Crippen molar-refractivity contribution in [2.24, 2.45) is 0 Å². The Morgan fingerprint density at radius 2 is 1.70 bits per heavy atom. The van der Waals surface area contributed by atoms with Crippen molar-refractivity contribution in [2.45, 2.75) is 51.4 Å². The number of nitrogens with one attached hydrogen (secondary N) is 2. The molecule has 2 heterocycles. The number of halogens is 3. The number of ether oxygens (including phenoxy) is 2. The minimum Gasteiger partial charge on any atom is -0.486 e. The molecule has 46 heavy (non-hydrogen) atoms. The largest absolute Gasteiger partial charge is 0.491 e. The lowest BCUT2D eigenvalue weighted by atomic mass is 10.1. The molecule has 2 N–H and O–H groups in total.